The van der Waals surface area contributed by atoms with Gasteiger partial charge in [0.1, 0.15) is 11.6 Å². The first kappa shape index (κ1) is 15.1. The molecule has 0 amide bonds. The number of nitrogen functional groups attached to an aromatic ring is 1. The van der Waals surface area contributed by atoms with E-state index in [1.165, 1.54) is 18.4 Å². The van der Waals surface area contributed by atoms with Crippen LogP contribution in [0.25, 0.3) is 10.9 Å². The molecule has 0 saturated carbocycles. The second-order valence-electron chi connectivity index (χ2n) is 6.55. The molecule has 1 aromatic carbocycles. The minimum Gasteiger partial charge on any atom is -0.383 e. The van der Waals surface area contributed by atoms with E-state index in [4.69, 9.17) is 5.73 Å². The lowest BCUT2D eigenvalue weighted by Gasteiger charge is -2.23. The molecule has 1 aliphatic heterocycles. The largest absolute Gasteiger partial charge is 0.383 e. The summed E-state index contributed by atoms with van der Waals surface area (Å²) < 4.78 is 2.04. The van der Waals surface area contributed by atoms with Crippen LogP contribution in [0, 0.1) is 6.92 Å². The van der Waals surface area contributed by atoms with Crippen LogP contribution in [0.4, 0.5) is 5.82 Å². The summed E-state index contributed by atoms with van der Waals surface area (Å²) in [5.41, 5.74) is 8.22. The van der Waals surface area contributed by atoms with E-state index < -0.39 is 0 Å². The number of nitrogens with zero attached hydrogens (tertiary/aromatic N) is 5. The lowest BCUT2D eigenvalue weighted by Crippen LogP contribution is -2.33. The van der Waals surface area contributed by atoms with Crippen molar-refractivity contribution in [1.29, 1.82) is 0 Å². The number of hydrogen-bond acceptors (Lipinski definition) is 5. The van der Waals surface area contributed by atoms with E-state index in [-0.39, 0.29) is 0 Å². The monoisotopic (exact) mass is 322 g/mol. The summed E-state index contributed by atoms with van der Waals surface area (Å²) >= 11 is 0. The average molecular weight is 322 g/mol. The Morgan fingerprint density at radius 1 is 1.25 bits per heavy atom. The zero-order chi connectivity index (χ0) is 16.5. The molecule has 3 aromatic rings. The molecule has 0 radical (unpaired) electrons. The standard InChI is InChI=1S/C18H22N6/c1-13-9-20-24(10-13)11-14-5-4-8-23(14)12-17-21-16-7-3-2-6-15(16)18(19)22-17/h2-3,6-7,9-10,14H,4-5,8,11-12H2,1H3,(H2,19,21,22)/t14-/m0/s1. The summed E-state index contributed by atoms with van der Waals surface area (Å²) in [5.74, 6) is 1.36. The maximum atomic E-state index is 6.11. The molecule has 124 valence electrons. The van der Waals surface area contributed by atoms with Crippen LogP contribution in [-0.4, -0.2) is 37.2 Å². The van der Waals surface area contributed by atoms with Gasteiger partial charge in [-0.1, -0.05) is 12.1 Å². The van der Waals surface area contributed by atoms with E-state index in [1.807, 2.05) is 35.1 Å². The Balaban J connectivity index is 1.53. The summed E-state index contributed by atoms with van der Waals surface area (Å²) in [5, 5.41) is 5.34. The molecular formula is C18H22N6. The van der Waals surface area contributed by atoms with Crippen molar-refractivity contribution in [2.45, 2.75) is 38.9 Å². The number of benzene rings is 1. The van der Waals surface area contributed by atoms with Crippen molar-refractivity contribution in [3.05, 3.63) is 48.0 Å². The summed E-state index contributed by atoms with van der Waals surface area (Å²) in [6, 6.07) is 8.38. The maximum Gasteiger partial charge on any atom is 0.145 e. The topological polar surface area (TPSA) is 72.9 Å². The summed E-state index contributed by atoms with van der Waals surface area (Å²) in [4.78, 5) is 11.6. The van der Waals surface area contributed by atoms with Crippen molar-refractivity contribution in [2.75, 3.05) is 12.3 Å². The highest BCUT2D eigenvalue weighted by molar-refractivity contribution is 5.87. The Morgan fingerprint density at radius 3 is 2.96 bits per heavy atom. The van der Waals surface area contributed by atoms with Crippen LogP contribution in [-0.2, 0) is 13.1 Å². The van der Waals surface area contributed by atoms with Crippen LogP contribution in [0.2, 0.25) is 0 Å². The lowest BCUT2D eigenvalue weighted by molar-refractivity contribution is 0.214. The predicted octanol–water partition coefficient (Wildman–Crippen LogP) is 2.38. The van der Waals surface area contributed by atoms with Crippen molar-refractivity contribution in [3.63, 3.8) is 0 Å². The number of likely N-dealkylation sites (tertiary alicyclic amines) is 1. The van der Waals surface area contributed by atoms with Crippen LogP contribution >= 0.6 is 0 Å². The highest BCUT2D eigenvalue weighted by Crippen LogP contribution is 2.23. The van der Waals surface area contributed by atoms with Crippen LogP contribution in [0.1, 0.15) is 24.2 Å². The van der Waals surface area contributed by atoms with Crippen molar-refractivity contribution in [1.82, 2.24) is 24.6 Å². The molecule has 0 bridgehead atoms. The Hall–Kier alpha value is -2.47. The van der Waals surface area contributed by atoms with Gasteiger partial charge >= 0.3 is 0 Å². The lowest BCUT2D eigenvalue weighted by atomic mass is 10.2. The maximum absolute atomic E-state index is 6.11. The average Bonchev–Trinajstić information content (AvgIpc) is 3.17. The summed E-state index contributed by atoms with van der Waals surface area (Å²) in [6.07, 6.45) is 6.39. The number of rotatable bonds is 4. The van der Waals surface area contributed by atoms with Crippen molar-refractivity contribution in [2.24, 2.45) is 0 Å². The molecule has 0 unspecified atom stereocenters. The Bertz CT molecular complexity index is 856. The van der Waals surface area contributed by atoms with E-state index in [1.54, 1.807) is 0 Å². The van der Waals surface area contributed by atoms with Gasteiger partial charge in [0, 0.05) is 17.6 Å². The van der Waals surface area contributed by atoms with Gasteiger partial charge in [0.05, 0.1) is 24.8 Å². The molecule has 6 heteroatoms. The van der Waals surface area contributed by atoms with Crippen molar-refractivity contribution < 1.29 is 0 Å². The third kappa shape index (κ3) is 2.97. The Morgan fingerprint density at radius 2 is 2.12 bits per heavy atom. The normalized spacial score (nSPS) is 18.5. The molecule has 3 heterocycles. The van der Waals surface area contributed by atoms with Gasteiger partial charge in [-0.05, 0) is 44.0 Å². The Labute approximate surface area is 141 Å². The molecule has 1 aliphatic rings. The van der Waals surface area contributed by atoms with Gasteiger partial charge in [-0.3, -0.25) is 9.58 Å². The van der Waals surface area contributed by atoms with Gasteiger partial charge in [-0.25, -0.2) is 9.97 Å². The number of fused-ring (bicyclic) bond motifs is 1. The zero-order valence-corrected chi connectivity index (χ0v) is 13.9. The van der Waals surface area contributed by atoms with Crippen molar-refractivity contribution >= 4 is 16.7 Å². The van der Waals surface area contributed by atoms with E-state index in [0.29, 0.717) is 11.9 Å². The quantitative estimate of drug-likeness (QED) is 0.798. The number of aryl methyl sites for hydroxylation is 1. The van der Waals surface area contributed by atoms with Gasteiger partial charge in [-0.2, -0.15) is 5.10 Å². The number of aromatic nitrogens is 4. The minimum absolute atomic E-state index is 0.473. The Kier molecular flexibility index (Phi) is 3.90. The first-order chi connectivity index (χ1) is 11.7. The second-order valence-corrected chi connectivity index (χ2v) is 6.55. The molecule has 1 saturated heterocycles. The molecule has 6 nitrogen and oxygen atoms in total. The number of para-hydroxylation sites is 1. The third-order valence-corrected chi connectivity index (χ3v) is 4.68. The van der Waals surface area contributed by atoms with Crippen LogP contribution < -0.4 is 5.73 Å². The van der Waals surface area contributed by atoms with Crippen molar-refractivity contribution in [3.8, 4) is 0 Å². The summed E-state index contributed by atoms with van der Waals surface area (Å²) in [7, 11) is 0. The fourth-order valence-corrected chi connectivity index (χ4v) is 3.50. The molecule has 0 spiro atoms. The third-order valence-electron chi connectivity index (χ3n) is 4.68. The summed E-state index contributed by atoms with van der Waals surface area (Å²) in [6.45, 7) is 4.79. The highest BCUT2D eigenvalue weighted by atomic mass is 15.3. The predicted molar refractivity (Wildman–Crippen MR) is 94.3 cm³/mol. The molecule has 2 aromatic heterocycles. The minimum atomic E-state index is 0.473. The smallest absolute Gasteiger partial charge is 0.145 e. The van der Waals surface area contributed by atoms with E-state index >= 15 is 0 Å². The van der Waals surface area contributed by atoms with Gasteiger partial charge in [0.2, 0.25) is 0 Å². The van der Waals surface area contributed by atoms with E-state index in [0.717, 1.165) is 36.4 Å². The fraction of sp³-hybridized carbons (Fsp3) is 0.389. The first-order valence-corrected chi connectivity index (χ1v) is 8.43. The van der Waals surface area contributed by atoms with E-state index in [2.05, 4.69) is 33.1 Å². The number of hydrogen-bond donors (Lipinski definition) is 1. The molecule has 1 atom stereocenters. The van der Waals surface area contributed by atoms with Crippen LogP contribution in [0.5, 0.6) is 0 Å². The van der Waals surface area contributed by atoms with Gasteiger partial charge < -0.3 is 5.73 Å². The molecule has 1 fully saturated rings. The van der Waals surface area contributed by atoms with Gasteiger partial charge in [-0.15, -0.1) is 0 Å². The molecule has 0 aliphatic carbocycles. The first-order valence-electron chi connectivity index (χ1n) is 8.43. The zero-order valence-electron chi connectivity index (χ0n) is 13.9. The van der Waals surface area contributed by atoms with Crippen LogP contribution in [0.15, 0.2) is 36.7 Å². The molecular weight excluding hydrogens is 300 g/mol. The van der Waals surface area contributed by atoms with Gasteiger partial charge in [0.25, 0.3) is 0 Å². The fourth-order valence-electron chi connectivity index (χ4n) is 3.50. The number of nitrogens with two attached hydrogens (primary N) is 1. The van der Waals surface area contributed by atoms with Crippen LogP contribution in [0.3, 0.4) is 0 Å². The SMILES string of the molecule is Cc1cnn(C[C@@H]2CCCN2Cc2nc(N)c3ccccc3n2)c1. The molecule has 24 heavy (non-hydrogen) atoms. The highest BCUT2D eigenvalue weighted by Gasteiger charge is 2.26. The van der Waals surface area contributed by atoms with E-state index in [9.17, 15) is 0 Å². The number of anilines is 1. The second kappa shape index (κ2) is 6.20. The molecule has 4 rings (SSSR count). The van der Waals surface area contributed by atoms with Gasteiger partial charge in [0.15, 0.2) is 0 Å². The molecule has 2 N–H and O–H groups in total.